The average molecular weight is 226 g/mol. The van der Waals surface area contributed by atoms with Gasteiger partial charge in [-0.15, -0.1) is 0 Å². The molecule has 86 valence electrons. The third-order valence-electron chi connectivity index (χ3n) is 4.30. The molecule has 0 radical (unpaired) electrons. The SMILES string of the molecule is CC1(C(N)=S)CCN(CC2CCC2)CC1. The number of nitrogens with zero attached hydrogens (tertiary/aromatic N) is 1. The van der Waals surface area contributed by atoms with Crippen LogP contribution in [0.25, 0.3) is 0 Å². The summed E-state index contributed by atoms with van der Waals surface area (Å²) in [5, 5.41) is 0. The Labute approximate surface area is 98.2 Å². The van der Waals surface area contributed by atoms with E-state index in [2.05, 4.69) is 11.8 Å². The van der Waals surface area contributed by atoms with Crippen molar-refractivity contribution >= 4 is 17.2 Å². The first-order chi connectivity index (χ1) is 7.10. The van der Waals surface area contributed by atoms with Crippen LogP contribution in [0, 0.1) is 11.3 Å². The second kappa shape index (κ2) is 4.38. The van der Waals surface area contributed by atoms with Crippen molar-refractivity contribution in [3.63, 3.8) is 0 Å². The first kappa shape index (κ1) is 11.3. The van der Waals surface area contributed by atoms with Crippen molar-refractivity contribution < 1.29 is 0 Å². The number of nitrogens with two attached hydrogens (primary N) is 1. The van der Waals surface area contributed by atoms with Gasteiger partial charge >= 0.3 is 0 Å². The summed E-state index contributed by atoms with van der Waals surface area (Å²) < 4.78 is 0. The fourth-order valence-electron chi connectivity index (χ4n) is 2.52. The van der Waals surface area contributed by atoms with E-state index >= 15 is 0 Å². The fraction of sp³-hybridized carbons (Fsp3) is 0.917. The quantitative estimate of drug-likeness (QED) is 0.748. The van der Waals surface area contributed by atoms with Crippen LogP contribution in [0.15, 0.2) is 0 Å². The van der Waals surface area contributed by atoms with Crippen LogP contribution in [0.3, 0.4) is 0 Å². The first-order valence-electron chi connectivity index (χ1n) is 6.12. The Morgan fingerprint density at radius 3 is 2.40 bits per heavy atom. The van der Waals surface area contributed by atoms with Crippen molar-refractivity contribution in [2.45, 2.75) is 39.0 Å². The molecule has 0 aromatic carbocycles. The summed E-state index contributed by atoms with van der Waals surface area (Å²) in [5.41, 5.74) is 5.93. The zero-order valence-electron chi connectivity index (χ0n) is 9.67. The van der Waals surface area contributed by atoms with Gasteiger partial charge < -0.3 is 10.6 Å². The molecule has 0 aromatic rings. The van der Waals surface area contributed by atoms with Crippen molar-refractivity contribution in [3.8, 4) is 0 Å². The minimum Gasteiger partial charge on any atom is -0.393 e. The van der Waals surface area contributed by atoms with Gasteiger partial charge in [0.05, 0.1) is 4.99 Å². The summed E-state index contributed by atoms with van der Waals surface area (Å²) in [5.74, 6) is 0.985. The maximum atomic E-state index is 5.80. The van der Waals surface area contributed by atoms with Gasteiger partial charge in [-0.1, -0.05) is 25.6 Å². The summed E-state index contributed by atoms with van der Waals surface area (Å²) in [6.07, 6.45) is 6.64. The lowest BCUT2D eigenvalue weighted by Crippen LogP contribution is -2.46. The van der Waals surface area contributed by atoms with Crippen LogP contribution in [-0.2, 0) is 0 Å². The molecule has 0 aromatic heterocycles. The van der Waals surface area contributed by atoms with Gasteiger partial charge in [-0.25, -0.2) is 0 Å². The topological polar surface area (TPSA) is 29.3 Å². The molecule has 0 unspecified atom stereocenters. The highest BCUT2D eigenvalue weighted by Crippen LogP contribution is 2.33. The van der Waals surface area contributed by atoms with Gasteiger partial charge in [0, 0.05) is 12.0 Å². The Morgan fingerprint density at radius 1 is 1.40 bits per heavy atom. The summed E-state index contributed by atoms with van der Waals surface area (Å²) in [7, 11) is 0. The highest BCUT2D eigenvalue weighted by atomic mass is 32.1. The number of thiocarbonyl (C=S) groups is 1. The van der Waals surface area contributed by atoms with E-state index in [4.69, 9.17) is 18.0 Å². The summed E-state index contributed by atoms with van der Waals surface area (Å²) in [6.45, 7) is 5.90. The molecular formula is C12H22N2S. The zero-order chi connectivity index (χ0) is 10.9. The fourth-order valence-corrected chi connectivity index (χ4v) is 2.72. The molecule has 1 aliphatic carbocycles. The minimum atomic E-state index is 0.130. The predicted molar refractivity (Wildman–Crippen MR) is 67.9 cm³/mol. The minimum absolute atomic E-state index is 0.130. The van der Waals surface area contributed by atoms with Crippen LogP contribution in [-0.4, -0.2) is 29.5 Å². The Kier molecular flexibility index (Phi) is 3.31. The van der Waals surface area contributed by atoms with Gasteiger partial charge in [0.1, 0.15) is 0 Å². The average Bonchev–Trinajstić information content (AvgIpc) is 2.14. The van der Waals surface area contributed by atoms with Crippen molar-refractivity contribution in [1.82, 2.24) is 4.90 Å². The summed E-state index contributed by atoms with van der Waals surface area (Å²) >= 11 is 5.15. The van der Waals surface area contributed by atoms with Crippen molar-refractivity contribution in [2.24, 2.45) is 17.1 Å². The van der Waals surface area contributed by atoms with E-state index in [-0.39, 0.29) is 5.41 Å². The predicted octanol–water partition coefficient (Wildman–Crippen LogP) is 2.17. The van der Waals surface area contributed by atoms with Crippen molar-refractivity contribution in [1.29, 1.82) is 0 Å². The normalized spacial score (nSPS) is 27.3. The summed E-state index contributed by atoms with van der Waals surface area (Å²) in [4.78, 5) is 3.31. The van der Waals surface area contributed by atoms with Crippen molar-refractivity contribution in [3.05, 3.63) is 0 Å². The largest absolute Gasteiger partial charge is 0.393 e. The molecule has 0 spiro atoms. The molecule has 2 fully saturated rings. The molecule has 0 atom stereocenters. The van der Waals surface area contributed by atoms with Crippen LogP contribution < -0.4 is 5.73 Å². The Balaban J connectivity index is 1.78. The van der Waals surface area contributed by atoms with E-state index in [0.29, 0.717) is 4.99 Å². The molecule has 0 bridgehead atoms. The first-order valence-corrected chi connectivity index (χ1v) is 6.53. The van der Waals surface area contributed by atoms with E-state index in [0.717, 1.165) is 18.8 Å². The van der Waals surface area contributed by atoms with Gasteiger partial charge in [-0.2, -0.15) is 0 Å². The van der Waals surface area contributed by atoms with E-state index in [9.17, 15) is 0 Å². The second-order valence-electron chi connectivity index (χ2n) is 5.52. The van der Waals surface area contributed by atoms with Crippen molar-refractivity contribution in [2.75, 3.05) is 19.6 Å². The standard InChI is InChI=1S/C12H22N2S/c1-12(11(13)15)5-7-14(8-6-12)9-10-3-2-4-10/h10H,2-9H2,1H3,(H2,13,15). The lowest BCUT2D eigenvalue weighted by Gasteiger charge is -2.41. The molecule has 1 heterocycles. The molecule has 3 heteroatoms. The lowest BCUT2D eigenvalue weighted by molar-refractivity contribution is 0.119. The van der Waals surface area contributed by atoms with E-state index in [1.165, 1.54) is 38.9 Å². The number of rotatable bonds is 3. The molecule has 1 saturated heterocycles. The van der Waals surface area contributed by atoms with Gasteiger partial charge in [0.25, 0.3) is 0 Å². The summed E-state index contributed by atoms with van der Waals surface area (Å²) in [6, 6.07) is 0. The van der Waals surface area contributed by atoms with Crippen LogP contribution >= 0.6 is 12.2 Å². The van der Waals surface area contributed by atoms with Gasteiger partial charge in [-0.05, 0) is 44.7 Å². The number of likely N-dealkylation sites (tertiary alicyclic amines) is 1. The second-order valence-corrected chi connectivity index (χ2v) is 5.96. The molecule has 2 nitrogen and oxygen atoms in total. The van der Waals surface area contributed by atoms with Gasteiger partial charge in [-0.3, -0.25) is 0 Å². The maximum Gasteiger partial charge on any atom is 0.0788 e. The van der Waals surface area contributed by atoms with Crippen LogP contribution in [0.1, 0.15) is 39.0 Å². The highest BCUT2D eigenvalue weighted by molar-refractivity contribution is 7.80. The van der Waals surface area contributed by atoms with E-state index < -0.39 is 0 Å². The van der Waals surface area contributed by atoms with E-state index in [1.807, 2.05) is 0 Å². The Morgan fingerprint density at radius 2 is 2.00 bits per heavy atom. The monoisotopic (exact) mass is 226 g/mol. The molecular weight excluding hydrogens is 204 g/mol. The smallest absolute Gasteiger partial charge is 0.0788 e. The molecule has 2 N–H and O–H groups in total. The Hall–Kier alpha value is -0.150. The Bertz CT molecular complexity index is 240. The lowest BCUT2D eigenvalue weighted by atomic mass is 9.79. The number of hydrogen-bond acceptors (Lipinski definition) is 2. The zero-order valence-corrected chi connectivity index (χ0v) is 10.5. The number of hydrogen-bond donors (Lipinski definition) is 1. The highest BCUT2D eigenvalue weighted by Gasteiger charge is 2.33. The molecule has 2 aliphatic rings. The van der Waals surface area contributed by atoms with E-state index in [1.54, 1.807) is 0 Å². The molecule has 0 amide bonds. The van der Waals surface area contributed by atoms with Crippen LogP contribution in [0.4, 0.5) is 0 Å². The van der Waals surface area contributed by atoms with Crippen LogP contribution in [0.2, 0.25) is 0 Å². The third-order valence-corrected chi connectivity index (χ3v) is 4.79. The molecule has 1 saturated carbocycles. The third kappa shape index (κ3) is 2.51. The van der Waals surface area contributed by atoms with Crippen LogP contribution in [0.5, 0.6) is 0 Å². The molecule has 1 aliphatic heterocycles. The van der Waals surface area contributed by atoms with Gasteiger partial charge in [0.15, 0.2) is 0 Å². The molecule has 15 heavy (non-hydrogen) atoms. The number of piperidine rings is 1. The molecule has 2 rings (SSSR count). The maximum absolute atomic E-state index is 5.80. The van der Waals surface area contributed by atoms with Gasteiger partial charge in [0.2, 0.25) is 0 Å².